The number of fused-ring (bicyclic) bond motifs is 1. The maximum atomic E-state index is 13.6. The molecule has 1 saturated heterocycles. The normalized spacial score (nSPS) is 13.4. The molecule has 0 aliphatic carbocycles. The smallest absolute Gasteiger partial charge is 0.258 e. The number of nitrogens with zero attached hydrogens (tertiary/aromatic N) is 3. The molecule has 5 aromatic rings. The molecule has 230 valence electrons. The van der Waals surface area contributed by atoms with E-state index >= 15 is 0 Å². The van der Waals surface area contributed by atoms with Crippen molar-refractivity contribution < 1.29 is 23.7 Å². The van der Waals surface area contributed by atoms with Crippen LogP contribution in [0, 0.1) is 12.8 Å². The lowest BCUT2D eigenvalue weighted by molar-refractivity contribution is 0.0609. The number of carbonyl (C=O) groups is 1. The third-order valence-corrected chi connectivity index (χ3v) is 7.92. The Balaban J connectivity index is 1.23. The van der Waals surface area contributed by atoms with Gasteiger partial charge in [-0.25, -0.2) is 4.98 Å². The number of benzene rings is 2. The zero-order valence-electron chi connectivity index (χ0n) is 25.4. The largest absolute Gasteiger partial charge is 0.493 e. The van der Waals surface area contributed by atoms with Crippen LogP contribution >= 0.6 is 0 Å². The minimum absolute atomic E-state index is 0.124. The summed E-state index contributed by atoms with van der Waals surface area (Å²) in [6, 6.07) is 18.1. The molecule has 0 bridgehead atoms. The summed E-state index contributed by atoms with van der Waals surface area (Å²) in [6.45, 7) is 3.87. The predicted octanol–water partition coefficient (Wildman–Crippen LogP) is 6.26. The lowest BCUT2D eigenvalue weighted by Crippen LogP contribution is -2.29. The van der Waals surface area contributed by atoms with Gasteiger partial charge in [-0.05, 0) is 61.6 Å². The van der Waals surface area contributed by atoms with Gasteiger partial charge in [0.2, 0.25) is 0 Å². The van der Waals surface area contributed by atoms with Crippen LogP contribution in [0.4, 0.5) is 5.82 Å². The molecule has 1 fully saturated rings. The Labute approximate surface area is 260 Å². The van der Waals surface area contributed by atoms with Crippen molar-refractivity contribution in [3.05, 3.63) is 101 Å². The van der Waals surface area contributed by atoms with E-state index in [-0.39, 0.29) is 11.5 Å². The average molecular weight is 607 g/mol. The fourth-order valence-corrected chi connectivity index (χ4v) is 5.41. The van der Waals surface area contributed by atoms with E-state index in [1.54, 1.807) is 61.5 Å². The molecule has 3 aromatic heterocycles. The second-order valence-electron chi connectivity index (χ2n) is 11.0. The predicted molar refractivity (Wildman–Crippen MR) is 172 cm³/mol. The highest BCUT2D eigenvalue weighted by Gasteiger charge is 2.19. The number of anilines is 1. The van der Waals surface area contributed by atoms with E-state index in [0.717, 1.165) is 29.4 Å². The van der Waals surface area contributed by atoms with Gasteiger partial charge in [-0.1, -0.05) is 29.8 Å². The highest BCUT2D eigenvalue weighted by atomic mass is 16.5. The lowest BCUT2D eigenvalue weighted by Gasteiger charge is -2.23. The number of pyridine rings is 3. The zero-order valence-corrected chi connectivity index (χ0v) is 25.4. The van der Waals surface area contributed by atoms with Crippen LogP contribution in [0.5, 0.6) is 23.0 Å². The van der Waals surface area contributed by atoms with Gasteiger partial charge in [-0.3, -0.25) is 14.6 Å². The van der Waals surface area contributed by atoms with Gasteiger partial charge >= 0.3 is 0 Å². The topological polar surface area (TPSA) is 114 Å². The Hall–Kier alpha value is -5.22. The molecule has 1 N–H and O–H groups in total. The number of amides is 1. The first-order valence-electron chi connectivity index (χ1n) is 14.8. The van der Waals surface area contributed by atoms with Crippen LogP contribution in [-0.4, -0.2) is 47.9 Å². The number of hydrogen-bond donors (Lipinski definition) is 1. The van der Waals surface area contributed by atoms with E-state index in [0.29, 0.717) is 71.1 Å². The Morgan fingerprint density at radius 2 is 1.71 bits per heavy atom. The number of rotatable bonds is 9. The van der Waals surface area contributed by atoms with Gasteiger partial charge in [0.1, 0.15) is 17.3 Å². The molecule has 1 aliphatic rings. The maximum absolute atomic E-state index is 13.6. The van der Waals surface area contributed by atoms with E-state index in [4.69, 9.17) is 18.9 Å². The van der Waals surface area contributed by atoms with E-state index < -0.39 is 0 Å². The Morgan fingerprint density at radius 1 is 0.956 bits per heavy atom. The molecule has 0 saturated carbocycles. The third-order valence-electron chi connectivity index (χ3n) is 7.92. The van der Waals surface area contributed by atoms with Crippen LogP contribution in [0.15, 0.2) is 84.0 Å². The number of hydrogen-bond acceptors (Lipinski definition) is 8. The van der Waals surface area contributed by atoms with Crippen molar-refractivity contribution in [1.82, 2.24) is 14.5 Å². The van der Waals surface area contributed by atoms with Crippen molar-refractivity contribution >= 4 is 22.6 Å². The van der Waals surface area contributed by atoms with Crippen LogP contribution in [0.1, 0.15) is 28.8 Å². The molecular weight excluding hydrogens is 572 g/mol. The maximum Gasteiger partial charge on any atom is 0.258 e. The van der Waals surface area contributed by atoms with Crippen LogP contribution in [0.2, 0.25) is 0 Å². The summed E-state index contributed by atoms with van der Waals surface area (Å²) in [4.78, 5) is 35.9. The average Bonchev–Trinajstić information content (AvgIpc) is 3.07. The van der Waals surface area contributed by atoms with Gasteiger partial charge in [-0.2, -0.15) is 0 Å². The number of nitrogens with one attached hydrogen (secondary N) is 1. The molecule has 1 amide bonds. The van der Waals surface area contributed by atoms with Gasteiger partial charge in [0.25, 0.3) is 11.5 Å². The third kappa shape index (κ3) is 6.66. The highest BCUT2D eigenvalue weighted by molar-refractivity contribution is 6.04. The van der Waals surface area contributed by atoms with Crippen LogP contribution in [-0.2, 0) is 11.3 Å². The monoisotopic (exact) mass is 606 g/mol. The summed E-state index contributed by atoms with van der Waals surface area (Å²) in [7, 11) is 3.14. The van der Waals surface area contributed by atoms with E-state index in [1.807, 2.05) is 37.3 Å². The Morgan fingerprint density at radius 3 is 2.42 bits per heavy atom. The van der Waals surface area contributed by atoms with Gasteiger partial charge in [0.15, 0.2) is 11.5 Å². The fraction of sp³-hybridized carbons (Fsp3) is 0.257. The number of methoxy groups -OCH3 is 2. The zero-order chi connectivity index (χ0) is 31.3. The van der Waals surface area contributed by atoms with E-state index in [9.17, 15) is 9.59 Å². The molecule has 10 nitrogen and oxygen atoms in total. The van der Waals surface area contributed by atoms with Crippen molar-refractivity contribution in [3.8, 4) is 34.1 Å². The molecule has 0 atom stereocenters. The van der Waals surface area contributed by atoms with Crippen LogP contribution in [0.3, 0.4) is 0 Å². The summed E-state index contributed by atoms with van der Waals surface area (Å²) >= 11 is 0. The molecular formula is C35H34N4O6. The molecule has 1 aliphatic heterocycles. The van der Waals surface area contributed by atoms with Crippen molar-refractivity contribution in [1.29, 1.82) is 0 Å². The van der Waals surface area contributed by atoms with Crippen molar-refractivity contribution in [3.63, 3.8) is 0 Å². The van der Waals surface area contributed by atoms with Crippen molar-refractivity contribution in [2.45, 2.75) is 26.3 Å². The number of aryl methyl sites for hydroxylation is 1. The van der Waals surface area contributed by atoms with Gasteiger partial charge in [0.05, 0.1) is 31.5 Å². The minimum Gasteiger partial charge on any atom is -0.493 e. The second-order valence-corrected chi connectivity index (χ2v) is 11.0. The first-order valence-corrected chi connectivity index (χ1v) is 14.8. The summed E-state index contributed by atoms with van der Waals surface area (Å²) < 4.78 is 24.1. The van der Waals surface area contributed by atoms with Crippen molar-refractivity contribution in [2.24, 2.45) is 5.92 Å². The SMILES string of the molecule is COc1cc2nccc(Oc3ccc(NC(=O)c4cc(-c5ccc(C)cc5)c(=O)n(CC5CCOCC5)c4)nc3)c2cc1OC. The lowest BCUT2D eigenvalue weighted by atomic mass is 9.99. The highest BCUT2D eigenvalue weighted by Crippen LogP contribution is 2.36. The Kier molecular flexibility index (Phi) is 8.74. The Bertz CT molecular complexity index is 1880. The molecule has 10 heteroatoms. The van der Waals surface area contributed by atoms with Gasteiger partial charge < -0.3 is 28.8 Å². The van der Waals surface area contributed by atoms with Crippen LogP contribution < -0.4 is 25.1 Å². The van der Waals surface area contributed by atoms with Gasteiger partial charge in [-0.15, -0.1) is 0 Å². The van der Waals surface area contributed by atoms with E-state index in [1.165, 1.54) is 6.20 Å². The standard InChI is InChI=1S/C35H34N4O6/c1-22-4-6-24(7-5-22)27-16-25(21-39(35(27)41)20-23-11-14-44-15-12-23)34(40)38-33-9-8-26(19-37-33)45-30-10-13-36-29-18-32(43-3)31(42-2)17-28(29)30/h4-10,13,16-19,21,23H,11-12,14-15,20H2,1-3H3,(H,37,38,40). The molecule has 45 heavy (non-hydrogen) atoms. The second kappa shape index (κ2) is 13.2. The molecule has 4 heterocycles. The number of carbonyl (C=O) groups excluding carboxylic acids is 1. The first-order chi connectivity index (χ1) is 21.9. The number of ether oxygens (including phenoxy) is 4. The fourth-order valence-electron chi connectivity index (χ4n) is 5.41. The molecule has 2 aromatic carbocycles. The summed E-state index contributed by atoms with van der Waals surface area (Å²) in [6.07, 6.45) is 6.57. The minimum atomic E-state index is -0.369. The summed E-state index contributed by atoms with van der Waals surface area (Å²) in [5.74, 6) is 2.45. The quantitative estimate of drug-likeness (QED) is 0.209. The molecule has 6 rings (SSSR count). The van der Waals surface area contributed by atoms with Crippen LogP contribution in [0.25, 0.3) is 22.0 Å². The molecule has 0 unspecified atom stereocenters. The van der Waals surface area contributed by atoms with E-state index in [2.05, 4.69) is 15.3 Å². The summed E-state index contributed by atoms with van der Waals surface area (Å²) in [5, 5.41) is 3.61. The van der Waals surface area contributed by atoms with Gasteiger partial charge in [0, 0.05) is 49.2 Å². The van der Waals surface area contributed by atoms with Crippen molar-refractivity contribution in [2.75, 3.05) is 32.8 Å². The summed E-state index contributed by atoms with van der Waals surface area (Å²) in [5.41, 5.74) is 3.26. The molecule has 0 radical (unpaired) electrons. The first kappa shape index (κ1) is 29.8. The molecule has 0 spiro atoms. The number of aromatic nitrogens is 3.